The Hall–Kier alpha value is -2.21. The third-order valence-electron chi connectivity index (χ3n) is 3.99. The predicted octanol–water partition coefficient (Wildman–Crippen LogP) is 3.85. The van der Waals surface area contributed by atoms with Gasteiger partial charge in [-0.15, -0.1) is 0 Å². The number of methoxy groups -OCH3 is 1. The van der Waals surface area contributed by atoms with E-state index in [0.29, 0.717) is 6.61 Å². The third kappa shape index (κ3) is 2.34. The number of hydrogen-bond donors (Lipinski definition) is 1. The number of aliphatic hydroxyl groups is 1. The van der Waals surface area contributed by atoms with Crippen molar-refractivity contribution in [2.24, 2.45) is 0 Å². The number of imidazole rings is 1. The maximum absolute atomic E-state index is 9.76. The number of thiazole rings is 1. The normalized spacial score (nSPS) is 11.6. The van der Waals surface area contributed by atoms with Gasteiger partial charge in [0.1, 0.15) is 0 Å². The number of aromatic nitrogens is 2. The van der Waals surface area contributed by atoms with Crippen molar-refractivity contribution in [2.75, 3.05) is 7.11 Å². The second-order valence-corrected chi connectivity index (χ2v) is 6.37. The van der Waals surface area contributed by atoms with Crippen molar-refractivity contribution in [1.82, 2.24) is 9.38 Å². The molecule has 0 spiro atoms. The van der Waals surface area contributed by atoms with E-state index in [1.54, 1.807) is 18.4 Å². The minimum absolute atomic E-state index is 0.00520. The molecule has 2 aromatic carbocycles. The maximum Gasteiger partial charge on any atom is 0.195 e. The van der Waals surface area contributed by atoms with Crippen molar-refractivity contribution in [3.05, 3.63) is 59.8 Å². The number of aliphatic hydroxyl groups excluding tert-OH is 1. The molecule has 4 nitrogen and oxygen atoms in total. The highest BCUT2D eigenvalue weighted by molar-refractivity contribution is 7.23. The van der Waals surface area contributed by atoms with Gasteiger partial charge < -0.3 is 9.84 Å². The number of fused-ring (bicyclic) bond motifs is 3. The van der Waals surface area contributed by atoms with Gasteiger partial charge in [-0.05, 0) is 11.6 Å². The fourth-order valence-electron chi connectivity index (χ4n) is 2.87. The SMILES string of the molecule is COCc1ccc2c(sc3nc(-c4ccccc4)cn32)c1CO. The molecule has 4 rings (SSSR count). The molecule has 0 fully saturated rings. The number of benzene rings is 2. The summed E-state index contributed by atoms with van der Waals surface area (Å²) in [5, 5.41) is 9.76. The summed E-state index contributed by atoms with van der Waals surface area (Å²) in [6.45, 7) is 0.507. The molecule has 0 saturated heterocycles. The van der Waals surface area contributed by atoms with Crippen LogP contribution in [0.15, 0.2) is 48.7 Å². The Bertz CT molecular complexity index is 973. The summed E-state index contributed by atoms with van der Waals surface area (Å²) in [7, 11) is 1.67. The predicted molar refractivity (Wildman–Crippen MR) is 92.6 cm³/mol. The van der Waals surface area contributed by atoms with E-state index in [9.17, 15) is 5.11 Å². The van der Waals surface area contributed by atoms with Gasteiger partial charge in [-0.2, -0.15) is 0 Å². The van der Waals surface area contributed by atoms with Crippen molar-refractivity contribution in [2.45, 2.75) is 13.2 Å². The highest BCUT2D eigenvalue weighted by Gasteiger charge is 2.15. The highest BCUT2D eigenvalue weighted by Crippen LogP contribution is 2.33. The lowest BCUT2D eigenvalue weighted by molar-refractivity contribution is 0.181. The topological polar surface area (TPSA) is 46.8 Å². The minimum Gasteiger partial charge on any atom is -0.392 e. The Morgan fingerprint density at radius 1 is 1.17 bits per heavy atom. The summed E-state index contributed by atoms with van der Waals surface area (Å²) in [6, 6.07) is 14.2. The van der Waals surface area contributed by atoms with Crippen LogP contribution in [0.4, 0.5) is 0 Å². The summed E-state index contributed by atoms with van der Waals surface area (Å²) in [5.41, 5.74) is 5.10. The van der Waals surface area contributed by atoms with Gasteiger partial charge in [-0.3, -0.25) is 4.40 Å². The highest BCUT2D eigenvalue weighted by atomic mass is 32.1. The average Bonchev–Trinajstić information content (AvgIpc) is 3.13. The molecule has 2 heterocycles. The van der Waals surface area contributed by atoms with Crippen molar-refractivity contribution >= 4 is 26.5 Å². The molecule has 1 N–H and O–H groups in total. The van der Waals surface area contributed by atoms with Gasteiger partial charge in [-0.25, -0.2) is 4.98 Å². The standard InChI is InChI=1S/C18H16N2O2S/c1-22-11-13-7-8-16-17(14(13)10-21)23-18-19-15(9-20(16)18)12-5-3-2-4-6-12/h2-9,21H,10-11H2,1H3. The minimum atomic E-state index is 0.00520. The monoisotopic (exact) mass is 324 g/mol. The number of hydrogen-bond acceptors (Lipinski definition) is 4. The van der Waals surface area contributed by atoms with E-state index in [1.165, 1.54) is 0 Å². The van der Waals surface area contributed by atoms with Crippen LogP contribution in [0.3, 0.4) is 0 Å². The van der Waals surface area contributed by atoms with Crippen LogP contribution in [0.1, 0.15) is 11.1 Å². The lowest BCUT2D eigenvalue weighted by atomic mass is 10.1. The lowest BCUT2D eigenvalue weighted by Gasteiger charge is -2.07. The van der Waals surface area contributed by atoms with E-state index in [-0.39, 0.29) is 6.61 Å². The first-order valence-electron chi connectivity index (χ1n) is 7.39. The molecule has 4 aromatic rings. The van der Waals surface area contributed by atoms with Crippen LogP contribution in [-0.2, 0) is 18.0 Å². The molecule has 0 aliphatic rings. The second kappa shape index (κ2) is 5.77. The largest absolute Gasteiger partial charge is 0.392 e. The Kier molecular flexibility index (Phi) is 3.61. The van der Waals surface area contributed by atoms with E-state index in [2.05, 4.69) is 28.8 Å². The fraction of sp³-hybridized carbons (Fsp3) is 0.167. The molecule has 0 bridgehead atoms. The fourth-order valence-corrected chi connectivity index (χ4v) is 4.04. The van der Waals surface area contributed by atoms with Crippen molar-refractivity contribution in [1.29, 1.82) is 0 Å². The van der Waals surface area contributed by atoms with Crippen molar-refractivity contribution in [3.63, 3.8) is 0 Å². The number of nitrogens with zero attached hydrogens (tertiary/aromatic N) is 2. The molecule has 0 amide bonds. The Morgan fingerprint density at radius 2 is 2.00 bits per heavy atom. The molecule has 5 heteroatoms. The van der Waals surface area contributed by atoms with Crippen LogP contribution >= 0.6 is 11.3 Å². The molecule has 0 aliphatic carbocycles. The molecule has 23 heavy (non-hydrogen) atoms. The number of ether oxygens (including phenoxy) is 1. The number of rotatable bonds is 4. The summed E-state index contributed by atoms with van der Waals surface area (Å²) in [5.74, 6) is 0. The van der Waals surface area contributed by atoms with Crippen LogP contribution in [-0.4, -0.2) is 21.6 Å². The van der Waals surface area contributed by atoms with E-state index in [1.807, 2.05) is 24.3 Å². The van der Waals surface area contributed by atoms with Gasteiger partial charge in [0.05, 0.1) is 29.1 Å². The summed E-state index contributed by atoms with van der Waals surface area (Å²) in [4.78, 5) is 5.67. The Morgan fingerprint density at radius 3 is 2.74 bits per heavy atom. The van der Waals surface area contributed by atoms with E-state index < -0.39 is 0 Å². The maximum atomic E-state index is 9.76. The van der Waals surface area contributed by atoms with Gasteiger partial charge >= 0.3 is 0 Å². The van der Waals surface area contributed by atoms with Crippen molar-refractivity contribution in [3.8, 4) is 11.3 Å². The molecule has 0 aliphatic heterocycles. The average molecular weight is 324 g/mol. The van der Waals surface area contributed by atoms with E-state index in [4.69, 9.17) is 9.72 Å². The van der Waals surface area contributed by atoms with Crippen LogP contribution in [0, 0.1) is 0 Å². The quantitative estimate of drug-likeness (QED) is 0.620. The Balaban J connectivity index is 1.91. The molecule has 0 radical (unpaired) electrons. The molecule has 0 unspecified atom stereocenters. The van der Waals surface area contributed by atoms with Gasteiger partial charge in [-0.1, -0.05) is 47.7 Å². The second-order valence-electron chi connectivity index (χ2n) is 5.39. The zero-order valence-corrected chi connectivity index (χ0v) is 13.5. The zero-order valence-electron chi connectivity index (χ0n) is 12.7. The van der Waals surface area contributed by atoms with Crippen molar-refractivity contribution < 1.29 is 9.84 Å². The van der Waals surface area contributed by atoms with Gasteiger partial charge in [0, 0.05) is 24.4 Å². The third-order valence-corrected chi connectivity index (χ3v) is 5.12. The van der Waals surface area contributed by atoms with Crippen LogP contribution in [0.2, 0.25) is 0 Å². The molecule has 2 aromatic heterocycles. The van der Waals surface area contributed by atoms with E-state index >= 15 is 0 Å². The molecule has 0 saturated carbocycles. The first kappa shape index (κ1) is 14.4. The molecule has 116 valence electrons. The Labute approximate surface area is 137 Å². The summed E-state index contributed by atoms with van der Waals surface area (Å²) >= 11 is 1.60. The van der Waals surface area contributed by atoms with E-state index in [0.717, 1.165) is 37.6 Å². The summed E-state index contributed by atoms with van der Waals surface area (Å²) < 4.78 is 8.39. The molecule has 0 atom stereocenters. The lowest BCUT2D eigenvalue weighted by Crippen LogP contribution is -1.96. The molecular weight excluding hydrogens is 308 g/mol. The van der Waals surface area contributed by atoms with Crippen LogP contribution in [0.5, 0.6) is 0 Å². The van der Waals surface area contributed by atoms with Gasteiger partial charge in [0.2, 0.25) is 0 Å². The zero-order chi connectivity index (χ0) is 15.8. The first-order valence-corrected chi connectivity index (χ1v) is 8.21. The smallest absolute Gasteiger partial charge is 0.195 e. The summed E-state index contributed by atoms with van der Waals surface area (Å²) in [6.07, 6.45) is 2.06. The van der Waals surface area contributed by atoms with Gasteiger partial charge in [0.25, 0.3) is 0 Å². The van der Waals surface area contributed by atoms with Crippen LogP contribution in [0.25, 0.3) is 26.4 Å². The van der Waals surface area contributed by atoms with Gasteiger partial charge in [0.15, 0.2) is 4.96 Å². The molecular formula is C18H16N2O2S. The first-order chi connectivity index (χ1) is 11.3. The van der Waals surface area contributed by atoms with Crippen LogP contribution < -0.4 is 0 Å².